The zero-order chi connectivity index (χ0) is 19.9. The number of anilines is 3. The van der Waals surface area contributed by atoms with E-state index < -0.39 is 0 Å². The highest BCUT2D eigenvalue weighted by atomic mass is 35.5. The second kappa shape index (κ2) is 9.28. The summed E-state index contributed by atoms with van der Waals surface area (Å²) in [6.45, 7) is 2.63. The SMILES string of the molecule is COc1ccc(OC)c(Nc2cc(C)nc(NCCc3cccc(Cl)c3)n2)c1. The third-order valence-electron chi connectivity index (χ3n) is 4.11. The van der Waals surface area contributed by atoms with Crippen LogP contribution in [0.25, 0.3) is 0 Å². The number of rotatable bonds is 8. The molecule has 2 N–H and O–H groups in total. The molecule has 1 aromatic heterocycles. The van der Waals surface area contributed by atoms with Crippen molar-refractivity contribution in [1.82, 2.24) is 9.97 Å². The Balaban J connectivity index is 1.71. The molecule has 0 spiro atoms. The third kappa shape index (κ3) is 5.27. The monoisotopic (exact) mass is 398 g/mol. The lowest BCUT2D eigenvalue weighted by atomic mass is 10.1. The van der Waals surface area contributed by atoms with Gasteiger partial charge in [0.15, 0.2) is 0 Å². The van der Waals surface area contributed by atoms with Crippen molar-refractivity contribution in [2.75, 3.05) is 31.4 Å². The molecule has 0 aliphatic carbocycles. The average molecular weight is 399 g/mol. The summed E-state index contributed by atoms with van der Waals surface area (Å²) in [7, 11) is 3.25. The summed E-state index contributed by atoms with van der Waals surface area (Å²) in [6, 6.07) is 15.3. The highest BCUT2D eigenvalue weighted by Crippen LogP contribution is 2.31. The number of nitrogens with zero attached hydrogens (tertiary/aromatic N) is 2. The summed E-state index contributed by atoms with van der Waals surface area (Å²) in [5.41, 5.74) is 2.78. The summed E-state index contributed by atoms with van der Waals surface area (Å²) < 4.78 is 10.7. The molecule has 0 unspecified atom stereocenters. The van der Waals surface area contributed by atoms with E-state index in [1.54, 1.807) is 14.2 Å². The van der Waals surface area contributed by atoms with Crippen molar-refractivity contribution in [3.8, 4) is 11.5 Å². The normalized spacial score (nSPS) is 10.4. The summed E-state index contributed by atoms with van der Waals surface area (Å²) in [4.78, 5) is 9.01. The van der Waals surface area contributed by atoms with E-state index in [0.29, 0.717) is 24.1 Å². The number of hydrogen-bond acceptors (Lipinski definition) is 6. The lowest BCUT2D eigenvalue weighted by Gasteiger charge is -2.13. The molecule has 0 atom stereocenters. The van der Waals surface area contributed by atoms with E-state index in [1.807, 2.05) is 55.5 Å². The van der Waals surface area contributed by atoms with Crippen LogP contribution < -0.4 is 20.1 Å². The first-order valence-electron chi connectivity index (χ1n) is 8.90. The minimum Gasteiger partial charge on any atom is -0.497 e. The van der Waals surface area contributed by atoms with Crippen LogP contribution in [0, 0.1) is 6.92 Å². The molecule has 0 fully saturated rings. The van der Waals surface area contributed by atoms with Crippen molar-refractivity contribution in [2.24, 2.45) is 0 Å². The molecule has 28 heavy (non-hydrogen) atoms. The number of nitrogens with one attached hydrogen (secondary N) is 2. The van der Waals surface area contributed by atoms with Gasteiger partial charge in [0.05, 0.1) is 19.9 Å². The Hall–Kier alpha value is -2.99. The molecule has 0 saturated carbocycles. The van der Waals surface area contributed by atoms with Gasteiger partial charge < -0.3 is 20.1 Å². The van der Waals surface area contributed by atoms with Crippen LogP contribution in [0.15, 0.2) is 48.5 Å². The molecule has 3 rings (SSSR count). The molecule has 0 aliphatic heterocycles. The van der Waals surface area contributed by atoms with Crippen molar-refractivity contribution in [2.45, 2.75) is 13.3 Å². The minimum atomic E-state index is 0.561. The number of halogens is 1. The van der Waals surface area contributed by atoms with Crippen LogP contribution in [0.1, 0.15) is 11.3 Å². The Morgan fingerprint density at radius 2 is 1.86 bits per heavy atom. The number of hydrogen-bond donors (Lipinski definition) is 2. The molecular formula is C21H23ClN4O2. The zero-order valence-corrected chi connectivity index (χ0v) is 16.9. The zero-order valence-electron chi connectivity index (χ0n) is 16.1. The molecule has 0 aliphatic rings. The standard InChI is InChI=1S/C21H23ClN4O2/c1-14-11-20(25-18-13-17(27-2)7-8-19(18)28-3)26-21(24-14)23-10-9-15-5-4-6-16(22)12-15/h4-8,11-13H,9-10H2,1-3H3,(H2,23,24,25,26). The van der Waals surface area contributed by atoms with E-state index in [2.05, 4.69) is 20.6 Å². The van der Waals surface area contributed by atoms with Gasteiger partial charge >= 0.3 is 0 Å². The fraction of sp³-hybridized carbons (Fsp3) is 0.238. The highest BCUT2D eigenvalue weighted by Gasteiger charge is 2.08. The Labute approximate surface area is 169 Å². The number of ether oxygens (including phenoxy) is 2. The Morgan fingerprint density at radius 1 is 1.00 bits per heavy atom. The van der Waals surface area contributed by atoms with Crippen molar-refractivity contribution in [3.05, 3.63) is 64.8 Å². The van der Waals surface area contributed by atoms with Gasteiger partial charge in [-0.2, -0.15) is 4.98 Å². The Kier molecular flexibility index (Phi) is 6.55. The van der Waals surface area contributed by atoms with E-state index in [1.165, 1.54) is 0 Å². The summed E-state index contributed by atoms with van der Waals surface area (Å²) in [5.74, 6) is 2.66. The highest BCUT2D eigenvalue weighted by molar-refractivity contribution is 6.30. The predicted octanol–water partition coefficient (Wildman–Crippen LogP) is 4.85. The van der Waals surface area contributed by atoms with Crippen LogP contribution in [-0.4, -0.2) is 30.7 Å². The van der Waals surface area contributed by atoms with Crippen LogP contribution in [-0.2, 0) is 6.42 Å². The van der Waals surface area contributed by atoms with E-state index in [4.69, 9.17) is 21.1 Å². The maximum atomic E-state index is 6.03. The molecule has 0 radical (unpaired) electrons. The average Bonchev–Trinajstić information content (AvgIpc) is 2.67. The number of methoxy groups -OCH3 is 2. The van der Waals surface area contributed by atoms with Gasteiger partial charge in [0.25, 0.3) is 0 Å². The van der Waals surface area contributed by atoms with Gasteiger partial charge in [0, 0.05) is 29.4 Å². The van der Waals surface area contributed by atoms with Crippen molar-refractivity contribution >= 4 is 29.1 Å². The van der Waals surface area contributed by atoms with Crippen LogP contribution in [0.3, 0.4) is 0 Å². The molecule has 6 nitrogen and oxygen atoms in total. The van der Waals surface area contributed by atoms with E-state index >= 15 is 0 Å². The van der Waals surface area contributed by atoms with Gasteiger partial charge in [0.1, 0.15) is 17.3 Å². The van der Waals surface area contributed by atoms with Gasteiger partial charge in [0.2, 0.25) is 5.95 Å². The van der Waals surface area contributed by atoms with Crippen LogP contribution in [0.5, 0.6) is 11.5 Å². The van der Waals surface area contributed by atoms with Gasteiger partial charge in [-0.15, -0.1) is 0 Å². The molecule has 1 heterocycles. The van der Waals surface area contributed by atoms with E-state index in [0.717, 1.165) is 34.1 Å². The molecule has 146 valence electrons. The van der Waals surface area contributed by atoms with Gasteiger partial charge in [-0.3, -0.25) is 0 Å². The van der Waals surface area contributed by atoms with E-state index in [-0.39, 0.29) is 0 Å². The topological polar surface area (TPSA) is 68.3 Å². The van der Waals surface area contributed by atoms with E-state index in [9.17, 15) is 0 Å². The lowest BCUT2D eigenvalue weighted by Crippen LogP contribution is -2.09. The Bertz CT molecular complexity index is 949. The molecule has 0 bridgehead atoms. The first-order valence-corrected chi connectivity index (χ1v) is 9.28. The van der Waals surface area contributed by atoms with Gasteiger partial charge in [-0.1, -0.05) is 23.7 Å². The minimum absolute atomic E-state index is 0.561. The quantitative estimate of drug-likeness (QED) is 0.565. The molecule has 3 aromatic rings. The number of aromatic nitrogens is 2. The molecule has 0 saturated heterocycles. The summed E-state index contributed by atoms with van der Waals surface area (Å²) >= 11 is 6.03. The van der Waals surface area contributed by atoms with Crippen molar-refractivity contribution < 1.29 is 9.47 Å². The largest absolute Gasteiger partial charge is 0.497 e. The summed E-state index contributed by atoms with van der Waals surface area (Å²) in [6.07, 6.45) is 0.824. The molecule has 0 amide bonds. The predicted molar refractivity (Wildman–Crippen MR) is 113 cm³/mol. The first-order chi connectivity index (χ1) is 13.6. The first kappa shape index (κ1) is 19.8. The van der Waals surface area contributed by atoms with Crippen molar-refractivity contribution in [1.29, 1.82) is 0 Å². The second-order valence-electron chi connectivity index (χ2n) is 6.22. The summed E-state index contributed by atoms with van der Waals surface area (Å²) in [5, 5.41) is 7.29. The van der Waals surface area contributed by atoms with Crippen LogP contribution in [0.4, 0.5) is 17.5 Å². The second-order valence-corrected chi connectivity index (χ2v) is 6.65. The van der Waals surface area contributed by atoms with Gasteiger partial charge in [-0.25, -0.2) is 4.98 Å². The number of benzene rings is 2. The fourth-order valence-corrected chi connectivity index (χ4v) is 2.99. The molecule has 7 heteroatoms. The Morgan fingerprint density at radius 3 is 2.61 bits per heavy atom. The van der Waals surface area contributed by atoms with Crippen LogP contribution in [0.2, 0.25) is 5.02 Å². The fourth-order valence-electron chi connectivity index (χ4n) is 2.77. The molecular weight excluding hydrogens is 376 g/mol. The molecule has 2 aromatic carbocycles. The lowest BCUT2D eigenvalue weighted by molar-refractivity contribution is 0.405. The third-order valence-corrected chi connectivity index (χ3v) is 4.34. The maximum Gasteiger partial charge on any atom is 0.224 e. The van der Waals surface area contributed by atoms with Gasteiger partial charge in [-0.05, 0) is 43.2 Å². The van der Waals surface area contributed by atoms with Crippen molar-refractivity contribution in [3.63, 3.8) is 0 Å². The number of aryl methyl sites for hydroxylation is 1. The maximum absolute atomic E-state index is 6.03. The smallest absolute Gasteiger partial charge is 0.224 e. The van der Waals surface area contributed by atoms with Crippen LogP contribution >= 0.6 is 11.6 Å².